The molecule has 2 heteroatoms. The van der Waals surface area contributed by atoms with E-state index in [9.17, 15) is 0 Å². The lowest BCUT2D eigenvalue weighted by Gasteiger charge is -2.10. The first-order valence-corrected chi connectivity index (χ1v) is 6.40. The van der Waals surface area contributed by atoms with E-state index in [1.165, 1.54) is 18.4 Å². The molecule has 0 radical (unpaired) electrons. The van der Waals surface area contributed by atoms with Gasteiger partial charge in [-0.1, -0.05) is 22.9 Å². The maximum atomic E-state index is 3.62. The van der Waals surface area contributed by atoms with E-state index in [1.807, 2.05) is 0 Å². The molecule has 0 amide bonds. The minimum Gasteiger partial charge on any atom is -0.152 e. The molecule has 0 aliphatic heterocycles. The topological polar surface area (TPSA) is 0 Å². The van der Waals surface area contributed by atoms with Gasteiger partial charge in [0.05, 0.1) is 0 Å². The molecule has 1 heterocycles. The third-order valence-electron chi connectivity index (χ3n) is 3.00. The molecule has 1 fully saturated rings. The van der Waals surface area contributed by atoms with Crippen molar-refractivity contribution >= 4 is 27.3 Å². The second kappa shape index (κ2) is 3.15. The van der Waals surface area contributed by atoms with Crippen molar-refractivity contribution in [1.82, 2.24) is 0 Å². The first-order valence-electron chi connectivity index (χ1n) is 4.34. The average Bonchev–Trinajstić information content (AvgIpc) is 2.51. The Morgan fingerprint density at radius 2 is 2.50 bits per heavy atom. The summed E-state index contributed by atoms with van der Waals surface area (Å²) in [6, 6.07) is 2.25. The van der Waals surface area contributed by atoms with Crippen LogP contribution in [0.25, 0.3) is 0 Å². The van der Waals surface area contributed by atoms with Gasteiger partial charge in [-0.05, 0) is 46.6 Å². The molecule has 66 valence electrons. The van der Waals surface area contributed by atoms with Crippen molar-refractivity contribution < 1.29 is 0 Å². The highest BCUT2D eigenvalue weighted by molar-refractivity contribution is 9.09. The number of thiophene rings is 1. The van der Waals surface area contributed by atoms with Crippen LogP contribution in [0.15, 0.2) is 16.8 Å². The minimum absolute atomic E-state index is 0.598. The van der Waals surface area contributed by atoms with Gasteiger partial charge >= 0.3 is 0 Å². The monoisotopic (exact) mass is 244 g/mol. The zero-order valence-corrected chi connectivity index (χ0v) is 9.62. The third-order valence-corrected chi connectivity index (χ3v) is 4.85. The summed E-state index contributed by atoms with van der Waals surface area (Å²) in [5, 5.41) is 5.61. The van der Waals surface area contributed by atoms with Crippen LogP contribution in [0.5, 0.6) is 0 Å². The summed E-state index contributed by atoms with van der Waals surface area (Å²) in [4.78, 5) is 0. The van der Waals surface area contributed by atoms with E-state index in [0.29, 0.717) is 5.41 Å². The Labute approximate surface area is 86.1 Å². The normalized spacial score (nSPS) is 33.7. The number of hydrogen-bond donors (Lipinski definition) is 0. The molecule has 0 saturated heterocycles. The Morgan fingerprint density at radius 1 is 1.75 bits per heavy atom. The molecule has 0 bridgehead atoms. The Kier molecular flexibility index (Phi) is 2.30. The van der Waals surface area contributed by atoms with Crippen molar-refractivity contribution in [3.63, 3.8) is 0 Å². The fraction of sp³-hybridized carbons (Fsp3) is 0.600. The van der Waals surface area contributed by atoms with Gasteiger partial charge in [-0.25, -0.2) is 0 Å². The van der Waals surface area contributed by atoms with Gasteiger partial charge in [0.2, 0.25) is 0 Å². The van der Waals surface area contributed by atoms with E-state index >= 15 is 0 Å². The van der Waals surface area contributed by atoms with Crippen molar-refractivity contribution in [3.05, 3.63) is 22.4 Å². The molecular formula is C10H13BrS. The Morgan fingerprint density at radius 3 is 2.92 bits per heavy atom. The molecule has 1 saturated carbocycles. The van der Waals surface area contributed by atoms with E-state index in [0.717, 1.165) is 11.2 Å². The first-order chi connectivity index (χ1) is 5.77. The summed E-state index contributed by atoms with van der Waals surface area (Å²) >= 11 is 5.43. The molecule has 0 N–H and O–H groups in total. The van der Waals surface area contributed by atoms with Gasteiger partial charge in [0.1, 0.15) is 0 Å². The second-order valence-electron chi connectivity index (χ2n) is 3.91. The fourth-order valence-corrected chi connectivity index (χ4v) is 3.48. The SMILES string of the molecule is CC1CC1(CBr)Cc1ccsc1. The standard InChI is InChI=1S/C10H13BrS/c1-8-4-10(8,7-11)5-9-2-3-12-6-9/h2-3,6,8H,4-5,7H2,1H3. The molecule has 1 aromatic rings. The fourth-order valence-electron chi connectivity index (χ4n) is 1.83. The molecule has 0 nitrogen and oxygen atoms in total. The lowest BCUT2D eigenvalue weighted by molar-refractivity contribution is 0.533. The predicted octanol–water partition coefficient (Wildman–Crippen LogP) is 3.71. The summed E-state index contributed by atoms with van der Waals surface area (Å²) < 4.78 is 0. The van der Waals surface area contributed by atoms with Crippen LogP contribution < -0.4 is 0 Å². The molecule has 12 heavy (non-hydrogen) atoms. The molecule has 2 atom stereocenters. The van der Waals surface area contributed by atoms with Crippen LogP contribution in [-0.2, 0) is 6.42 Å². The summed E-state index contributed by atoms with van der Waals surface area (Å²) in [5.41, 5.74) is 2.12. The van der Waals surface area contributed by atoms with Crippen LogP contribution in [0.3, 0.4) is 0 Å². The summed E-state index contributed by atoms with van der Waals surface area (Å²) in [6.45, 7) is 2.35. The van der Waals surface area contributed by atoms with Gasteiger partial charge in [0.25, 0.3) is 0 Å². The second-order valence-corrected chi connectivity index (χ2v) is 5.25. The quantitative estimate of drug-likeness (QED) is 0.712. The van der Waals surface area contributed by atoms with Crippen molar-refractivity contribution in [2.45, 2.75) is 19.8 Å². The largest absolute Gasteiger partial charge is 0.152 e. The minimum atomic E-state index is 0.598. The predicted molar refractivity (Wildman–Crippen MR) is 58.0 cm³/mol. The van der Waals surface area contributed by atoms with Crippen LogP contribution in [0.1, 0.15) is 18.9 Å². The molecule has 1 aliphatic rings. The molecule has 1 aromatic heterocycles. The zero-order chi connectivity index (χ0) is 8.60. The number of hydrogen-bond acceptors (Lipinski definition) is 1. The van der Waals surface area contributed by atoms with Crippen LogP contribution in [0.4, 0.5) is 0 Å². The number of alkyl halides is 1. The third kappa shape index (κ3) is 1.47. The van der Waals surface area contributed by atoms with Gasteiger partial charge < -0.3 is 0 Å². The van der Waals surface area contributed by atoms with Crippen LogP contribution in [-0.4, -0.2) is 5.33 Å². The molecule has 1 aliphatic carbocycles. The van der Waals surface area contributed by atoms with E-state index in [2.05, 4.69) is 39.7 Å². The average molecular weight is 245 g/mol. The highest BCUT2D eigenvalue weighted by Gasteiger charge is 2.49. The van der Waals surface area contributed by atoms with Gasteiger partial charge in [0.15, 0.2) is 0 Å². The van der Waals surface area contributed by atoms with Crippen molar-refractivity contribution in [1.29, 1.82) is 0 Å². The van der Waals surface area contributed by atoms with Crippen LogP contribution in [0.2, 0.25) is 0 Å². The Hall–Kier alpha value is 0.180. The van der Waals surface area contributed by atoms with Crippen molar-refractivity contribution in [2.24, 2.45) is 11.3 Å². The van der Waals surface area contributed by atoms with E-state index in [4.69, 9.17) is 0 Å². The highest BCUT2D eigenvalue weighted by Crippen LogP contribution is 2.55. The van der Waals surface area contributed by atoms with Crippen molar-refractivity contribution in [2.75, 3.05) is 5.33 Å². The van der Waals surface area contributed by atoms with Crippen molar-refractivity contribution in [3.8, 4) is 0 Å². The van der Waals surface area contributed by atoms with Gasteiger partial charge in [-0.2, -0.15) is 11.3 Å². The van der Waals surface area contributed by atoms with Crippen LogP contribution in [0, 0.1) is 11.3 Å². The Bertz CT molecular complexity index is 251. The van der Waals surface area contributed by atoms with E-state index in [1.54, 1.807) is 11.3 Å². The number of halogens is 1. The molecule has 0 aromatic carbocycles. The molecule has 2 unspecified atom stereocenters. The van der Waals surface area contributed by atoms with Crippen LogP contribution >= 0.6 is 27.3 Å². The van der Waals surface area contributed by atoms with Gasteiger partial charge in [-0.3, -0.25) is 0 Å². The smallest absolute Gasteiger partial charge is 0.00938 e. The van der Waals surface area contributed by atoms with Gasteiger partial charge in [0, 0.05) is 5.33 Å². The lowest BCUT2D eigenvalue weighted by atomic mass is 9.98. The molecule has 2 rings (SSSR count). The molecular weight excluding hydrogens is 232 g/mol. The first kappa shape index (κ1) is 8.76. The summed E-state index contributed by atoms with van der Waals surface area (Å²) in [7, 11) is 0. The summed E-state index contributed by atoms with van der Waals surface area (Å²) in [6.07, 6.45) is 2.66. The summed E-state index contributed by atoms with van der Waals surface area (Å²) in [5.74, 6) is 0.914. The van der Waals surface area contributed by atoms with E-state index in [-0.39, 0.29) is 0 Å². The zero-order valence-electron chi connectivity index (χ0n) is 7.22. The maximum absolute atomic E-state index is 3.62. The Balaban J connectivity index is 2.04. The highest BCUT2D eigenvalue weighted by atomic mass is 79.9. The van der Waals surface area contributed by atoms with E-state index < -0.39 is 0 Å². The van der Waals surface area contributed by atoms with Gasteiger partial charge in [-0.15, -0.1) is 0 Å². The molecule has 0 spiro atoms. The maximum Gasteiger partial charge on any atom is 0.00938 e. The number of rotatable bonds is 3. The lowest BCUT2D eigenvalue weighted by Crippen LogP contribution is -2.08.